The number of carbonyl (C=O) groups excluding carboxylic acids is 1. The Labute approximate surface area is 135 Å². The van der Waals surface area contributed by atoms with Crippen molar-refractivity contribution in [3.05, 3.63) is 34.9 Å². The van der Waals surface area contributed by atoms with Crippen molar-refractivity contribution in [1.82, 2.24) is 9.88 Å². The topological polar surface area (TPSA) is 36.4 Å². The van der Waals surface area contributed by atoms with Gasteiger partial charge in [0, 0.05) is 30.0 Å². The van der Waals surface area contributed by atoms with Crippen molar-refractivity contribution >= 4 is 34.2 Å². The number of piperazine rings is 1. The summed E-state index contributed by atoms with van der Waals surface area (Å²) in [6.07, 6.45) is 0. The first-order chi connectivity index (χ1) is 10.5. The van der Waals surface area contributed by atoms with Crippen LogP contribution in [0.25, 0.3) is 10.9 Å². The van der Waals surface area contributed by atoms with E-state index >= 15 is 0 Å². The molecule has 0 N–H and O–H groups in total. The van der Waals surface area contributed by atoms with E-state index in [2.05, 4.69) is 17.9 Å². The molecule has 0 aliphatic carbocycles. The van der Waals surface area contributed by atoms with Gasteiger partial charge in [0.15, 0.2) is 0 Å². The standard InChI is InChI=1S/C17H20ClN3O/c1-4-20-7-8-21(12(3)17(20)22)16-9-11(2)14-6-5-13(18)10-15(14)19-16/h5-6,9-10,12H,4,7-8H2,1-3H3/t12-/m1/s1. The smallest absolute Gasteiger partial charge is 0.245 e. The lowest BCUT2D eigenvalue weighted by atomic mass is 10.1. The van der Waals surface area contributed by atoms with Gasteiger partial charge in [-0.2, -0.15) is 0 Å². The molecule has 1 amide bonds. The normalized spacial score (nSPS) is 19.1. The molecule has 1 atom stereocenters. The van der Waals surface area contributed by atoms with Crippen LogP contribution in [0.2, 0.25) is 5.02 Å². The first kappa shape index (κ1) is 15.1. The van der Waals surface area contributed by atoms with Gasteiger partial charge in [-0.3, -0.25) is 4.79 Å². The molecule has 22 heavy (non-hydrogen) atoms. The van der Waals surface area contributed by atoms with E-state index in [9.17, 15) is 4.79 Å². The zero-order valence-corrected chi connectivity index (χ0v) is 13.9. The van der Waals surface area contributed by atoms with E-state index in [-0.39, 0.29) is 11.9 Å². The molecular formula is C17H20ClN3O. The summed E-state index contributed by atoms with van der Waals surface area (Å²) in [4.78, 5) is 21.1. The number of hydrogen-bond donors (Lipinski definition) is 0. The third-order valence-corrected chi connectivity index (χ3v) is 4.62. The summed E-state index contributed by atoms with van der Waals surface area (Å²) in [5.41, 5.74) is 2.02. The minimum atomic E-state index is -0.183. The van der Waals surface area contributed by atoms with Crippen LogP contribution in [0.4, 0.5) is 5.82 Å². The predicted octanol–water partition coefficient (Wildman–Crippen LogP) is 3.25. The number of anilines is 1. The average molecular weight is 318 g/mol. The Kier molecular flexibility index (Phi) is 3.96. The lowest BCUT2D eigenvalue weighted by molar-refractivity contribution is -0.133. The number of rotatable bonds is 2. The fourth-order valence-corrected chi connectivity index (χ4v) is 3.23. The summed E-state index contributed by atoms with van der Waals surface area (Å²) >= 11 is 6.08. The van der Waals surface area contributed by atoms with Crippen molar-refractivity contribution in [2.24, 2.45) is 0 Å². The van der Waals surface area contributed by atoms with Crippen LogP contribution in [-0.2, 0) is 4.79 Å². The maximum absolute atomic E-state index is 12.4. The molecule has 0 radical (unpaired) electrons. The van der Waals surface area contributed by atoms with Crippen molar-refractivity contribution in [2.45, 2.75) is 26.8 Å². The van der Waals surface area contributed by atoms with Gasteiger partial charge in [0.05, 0.1) is 5.52 Å². The summed E-state index contributed by atoms with van der Waals surface area (Å²) in [6, 6.07) is 7.62. The van der Waals surface area contributed by atoms with Crippen LogP contribution < -0.4 is 4.90 Å². The van der Waals surface area contributed by atoms with Gasteiger partial charge in [-0.05, 0) is 44.5 Å². The van der Waals surface area contributed by atoms with Gasteiger partial charge in [0.1, 0.15) is 11.9 Å². The number of aryl methyl sites for hydroxylation is 1. The summed E-state index contributed by atoms with van der Waals surface area (Å²) < 4.78 is 0. The van der Waals surface area contributed by atoms with Crippen molar-refractivity contribution in [3.63, 3.8) is 0 Å². The van der Waals surface area contributed by atoms with Crippen LogP contribution in [0.5, 0.6) is 0 Å². The second kappa shape index (κ2) is 5.76. The Balaban J connectivity index is 2.01. The Morgan fingerprint density at radius 2 is 2.09 bits per heavy atom. The summed E-state index contributed by atoms with van der Waals surface area (Å²) in [5, 5.41) is 1.77. The van der Waals surface area contributed by atoms with Crippen molar-refractivity contribution in [1.29, 1.82) is 0 Å². The van der Waals surface area contributed by atoms with Crippen LogP contribution in [0.1, 0.15) is 19.4 Å². The van der Waals surface area contributed by atoms with E-state index in [0.29, 0.717) is 5.02 Å². The molecule has 116 valence electrons. The highest BCUT2D eigenvalue weighted by atomic mass is 35.5. The van der Waals surface area contributed by atoms with Crippen LogP contribution in [-0.4, -0.2) is 41.5 Å². The minimum Gasteiger partial charge on any atom is -0.343 e. The second-order valence-corrected chi connectivity index (χ2v) is 6.18. The number of benzene rings is 1. The number of likely N-dealkylation sites (N-methyl/N-ethyl adjacent to an activating group) is 1. The van der Waals surface area contributed by atoms with Crippen LogP contribution in [0, 0.1) is 6.92 Å². The molecule has 2 heterocycles. The number of nitrogens with zero attached hydrogens (tertiary/aromatic N) is 3. The Hall–Kier alpha value is -1.81. The Morgan fingerprint density at radius 1 is 1.32 bits per heavy atom. The molecular weight excluding hydrogens is 298 g/mol. The second-order valence-electron chi connectivity index (χ2n) is 5.75. The average Bonchev–Trinajstić information content (AvgIpc) is 2.49. The molecule has 4 nitrogen and oxygen atoms in total. The van der Waals surface area contributed by atoms with Crippen molar-refractivity contribution < 1.29 is 4.79 Å². The van der Waals surface area contributed by atoms with Gasteiger partial charge in [0.25, 0.3) is 0 Å². The maximum Gasteiger partial charge on any atom is 0.245 e. The Bertz CT molecular complexity index is 731. The predicted molar refractivity (Wildman–Crippen MR) is 90.6 cm³/mol. The molecule has 3 rings (SSSR count). The molecule has 0 spiro atoms. The molecule has 5 heteroatoms. The van der Waals surface area contributed by atoms with E-state index in [1.165, 1.54) is 0 Å². The largest absolute Gasteiger partial charge is 0.343 e. The van der Waals surface area contributed by atoms with E-state index in [0.717, 1.165) is 41.9 Å². The van der Waals surface area contributed by atoms with Gasteiger partial charge >= 0.3 is 0 Å². The SMILES string of the molecule is CCN1CCN(c2cc(C)c3ccc(Cl)cc3n2)[C@H](C)C1=O. The zero-order valence-electron chi connectivity index (χ0n) is 13.1. The lowest BCUT2D eigenvalue weighted by Crippen LogP contribution is -2.56. The Morgan fingerprint density at radius 3 is 2.82 bits per heavy atom. The van der Waals surface area contributed by atoms with Gasteiger partial charge < -0.3 is 9.80 Å². The number of amides is 1. The molecule has 1 aliphatic rings. The third kappa shape index (κ3) is 2.52. The summed E-state index contributed by atoms with van der Waals surface area (Å²) in [6.45, 7) is 8.34. The molecule has 0 saturated carbocycles. The van der Waals surface area contributed by atoms with Gasteiger partial charge in [-0.25, -0.2) is 4.98 Å². The molecule has 0 unspecified atom stereocenters. The minimum absolute atomic E-state index is 0.166. The lowest BCUT2D eigenvalue weighted by Gasteiger charge is -2.39. The zero-order chi connectivity index (χ0) is 15.9. The molecule has 1 saturated heterocycles. The van der Waals surface area contributed by atoms with E-state index in [4.69, 9.17) is 16.6 Å². The van der Waals surface area contributed by atoms with Gasteiger partial charge in [-0.15, -0.1) is 0 Å². The first-order valence-corrected chi connectivity index (χ1v) is 8.01. The third-order valence-electron chi connectivity index (χ3n) is 4.39. The van der Waals surface area contributed by atoms with Crippen molar-refractivity contribution in [3.8, 4) is 0 Å². The molecule has 1 aromatic carbocycles. The van der Waals surface area contributed by atoms with Crippen LogP contribution in [0.15, 0.2) is 24.3 Å². The number of aromatic nitrogens is 1. The van der Waals surface area contributed by atoms with E-state index in [1.54, 1.807) is 0 Å². The van der Waals surface area contributed by atoms with Crippen molar-refractivity contribution in [2.75, 3.05) is 24.5 Å². The number of carbonyl (C=O) groups is 1. The van der Waals surface area contributed by atoms with Crippen LogP contribution >= 0.6 is 11.6 Å². The molecule has 1 fully saturated rings. The highest BCUT2D eigenvalue weighted by molar-refractivity contribution is 6.31. The number of hydrogen-bond acceptors (Lipinski definition) is 3. The summed E-state index contributed by atoms with van der Waals surface area (Å²) in [7, 11) is 0. The number of halogens is 1. The molecule has 1 aliphatic heterocycles. The highest BCUT2D eigenvalue weighted by Crippen LogP contribution is 2.27. The maximum atomic E-state index is 12.4. The van der Waals surface area contributed by atoms with E-state index in [1.807, 2.05) is 36.9 Å². The quantitative estimate of drug-likeness (QED) is 0.853. The number of pyridine rings is 1. The fraction of sp³-hybridized carbons (Fsp3) is 0.412. The molecule has 2 aromatic rings. The molecule has 0 bridgehead atoms. The van der Waals surface area contributed by atoms with E-state index < -0.39 is 0 Å². The summed E-state index contributed by atoms with van der Waals surface area (Å²) in [5.74, 6) is 1.02. The van der Waals surface area contributed by atoms with Gasteiger partial charge in [0.2, 0.25) is 5.91 Å². The van der Waals surface area contributed by atoms with Gasteiger partial charge in [-0.1, -0.05) is 17.7 Å². The van der Waals surface area contributed by atoms with Crippen LogP contribution in [0.3, 0.4) is 0 Å². The first-order valence-electron chi connectivity index (χ1n) is 7.63. The highest BCUT2D eigenvalue weighted by Gasteiger charge is 2.31. The fourth-order valence-electron chi connectivity index (χ4n) is 3.06. The molecule has 1 aromatic heterocycles. The monoisotopic (exact) mass is 317 g/mol. The number of fused-ring (bicyclic) bond motifs is 1.